The number of esters is 4. The maximum absolute atomic E-state index is 12.2. The zero-order chi connectivity index (χ0) is 29.7. The van der Waals surface area contributed by atoms with Crippen molar-refractivity contribution < 1.29 is 42.9 Å². The van der Waals surface area contributed by atoms with E-state index in [1.165, 1.54) is 38.8 Å². The van der Waals surface area contributed by atoms with Crippen molar-refractivity contribution in [2.45, 2.75) is 88.8 Å². The topological polar surface area (TPSA) is 114 Å². The number of rotatable bonds is 9. The van der Waals surface area contributed by atoms with Crippen LogP contribution in [0.2, 0.25) is 0 Å². The highest BCUT2D eigenvalue weighted by Crippen LogP contribution is 2.46. The van der Waals surface area contributed by atoms with Crippen molar-refractivity contribution in [3.63, 3.8) is 0 Å². The lowest BCUT2D eigenvalue weighted by molar-refractivity contribution is -0.254. The Morgan fingerprint density at radius 3 is 2.02 bits per heavy atom. The molecular formula is C31H36O9S. The van der Waals surface area contributed by atoms with Gasteiger partial charge in [0.25, 0.3) is 0 Å². The Labute approximate surface area is 244 Å². The number of ether oxygens (including phenoxy) is 5. The van der Waals surface area contributed by atoms with E-state index in [2.05, 4.69) is 31.2 Å². The monoisotopic (exact) mass is 584 g/mol. The van der Waals surface area contributed by atoms with E-state index in [0.717, 1.165) is 29.1 Å². The molecule has 6 unspecified atom stereocenters. The second-order valence-electron chi connectivity index (χ2n) is 10.3. The first-order valence-electron chi connectivity index (χ1n) is 13.7. The van der Waals surface area contributed by atoms with E-state index < -0.39 is 54.4 Å². The van der Waals surface area contributed by atoms with Gasteiger partial charge < -0.3 is 23.7 Å². The minimum absolute atomic E-state index is 0.149. The molecule has 2 heterocycles. The molecule has 1 saturated heterocycles. The molecule has 41 heavy (non-hydrogen) atoms. The predicted molar refractivity (Wildman–Crippen MR) is 150 cm³/mol. The summed E-state index contributed by atoms with van der Waals surface area (Å²) in [5, 5.41) is 0. The summed E-state index contributed by atoms with van der Waals surface area (Å²) < 4.78 is 28.4. The molecule has 4 rings (SSSR count). The molecule has 2 aliphatic heterocycles. The van der Waals surface area contributed by atoms with Gasteiger partial charge in [-0.1, -0.05) is 49.7 Å². The van der Waals surface area contributed by atoms with Crippen LogP contribution in [0.5, 0.6) is 0 Å². The van der Waals surface area contributed by atoms with Crippen molar-refractivity contribution in [2.24, 2.45) is 0 Å². The van der Waals surface area contributed by atoms with Gasteiger partial charge in [0.2, 0.25) is 0 Å². The van der Waals surface area contributed by atoms with Crippen LogP contribution in [0.25, 0.3) is 0 Å². The molecule has 2 aliphatic rings. The molecular weight excluding hydrogens is 548 g/mol. The van der Waals surface area contributed by atoms with Crippen LogP contribution in [-0.2, 0) is 49.3 Å². The molecule has 10 heteroatoms. The third-order valence-electron chi connectivity index (χ3n) is 7.05. The van der Waals surface area contributed by atoms with Gasteiger partial charge in [0.1, 0.15) is 18.8 Å². The number of fused-ring (bicyclic) bond motifs is 1. The van der Waals surface area contributed by atoms with Crippen molar-refractivity contribution >= 4 is 35.6 Å². The van der Waals surface area contributed by atoms with Gasteiger partial charge in [0.15, 0.2) is 18.3 Å². The van der Waals surface area contributed by atoms with E-state index in [0.29, 0.717) is 5.56 Å². The van der Waals surface area contributed by atoms with Crippen molar-refractivity contribution in [1.82, 2.24) is 0 Å². The van der Waals surface area contributed by atoms with Gasteiger partial charge in [-0.25, -0.2) is 0 Å². The van der Waals surface area contributed by atoms with Crippen LogP contribution in [0.1, 0.15) is 75.3 Å². The quantitative estimate of drug-likeness (QED) is 0.304. The zero-order valence-corrected chi connectivity index (χ0v) is 24.7. The Hall–Kier alpha value is -3.37. The first-order chi connectivity index (χ1) is 19.6. The Bertz CT molecular complexity index is 1270. The van der Waals surface area contributed by atoms with E-state index in [1.54, 1.807) is 11.8 Å². The molecule has 0 bridgehead atoms. The molecule has 1 fully saturated rings. The van der Waals surface area contributed by atoms with Gasteiger partial charge in [-0.15, -0.1) is 11.8 Å². The smallest absolute Gasteiger partial charge is 0.303 e. The number of thioether (sulfide) groups is 1. The number of benzene rings is 2. The van der Waals surface area contributed by atoms with Gasteiger partial charge in [-0.3, -0.25) is 19.2 Å². The fraction of sp³-hybridized carbons (Fsp3) is 0.484. The third kappa shape index (κ3) is 7.48. The highest BCUT2D eigenvalue weighted by molar-refractivity contribution is 7.99. The summed E-state index contributed by atoms with van der Waals surface area (Å²) in [6.07, 6.45) is -3.30. The highest BCUT2D eigenvalue weighted by Gasteiger charge is 2.52. The number of hydrogen-bond acceptors (Lipinski definition) is 10. The highest BCUT2D eigenvalue weighted by atomic mass is 32.2. The fourth-order valence-electron chi connectivity index (χ4n) is 5.39. The maximum Gasteiger partial charge on any atom is 0.303 e. The summed E-state index contributed by atoms with van der Waals surface area (Å²) in [6, 6.07) is 14.6. The number of aryl methyl sites for hydroxylation is 1. The fourth-order valence-corrected chi connectivity index (χ4v) is 6.64. The molecule has 0 aliphatic carbocycles. The van der Waals surface area contributed by atoms with E-state index in [9.17, 15) is 19.2 Å². The maximum atomic E-state index is 12.2. The molecule has 0 N–H and O–H groups in total. The molecule has 2 aromatic rings. The SMILES string of the molecule is CCCc1ccc(C2CSc3ccc(C4OC(COC(C)=O)C(OC(C)=O)C(OC(C)=O)C4OC(C)=O)cc32)cc1. The number of carbonyl (C=O) groups excluding carboxylic acids is 4. The molecule has 0 saturated carbocycles. The second kappa shape index (κ2) is 13.5. The summed E-state index contributed by atoms with van der Waals surface area (Å²) in [4.78, 5) is 49.2. The van der Waals surface area contributed by atoms with Crippen LogP contribution in [0, 0.1) is 0 Å². The van der Waals surface area contributed by atoms with Gasteiger partial charge in [-0.05, 0) is 34.7 Å². The number of hydrogen-bond donors (Lipinski definition) is 0. The lowest BCUT2D eigenvalue weighted by Gasteiger charge is -2.44. The molecule has 220 valence electrons. The zero-order valence-electron chi connectivity index (χ0n) is 23.9. The Balaban J connectivity index is 1.74. The van der Waals surface area contributed by atoms with Crippen LogP contribution < -0.4 is 0 Å². The van der Waals surface area contributed by atoms with Crippen molar-refractivity contribution in [3.05, 3.63) is 64.7 Å². The van der Waals surface area contributed by atoms with Gasteiger partial charge >= 0.3 is 23.9 Å². The van der Waals surface area contributed by atoms with Crippen LogP contribution in [0.15, 0.2) is 47.4 Å². The van der Waals surface area contributed by atoms with Crippen LogP contribution in [-0.4, -0.2) is 60.7 Å². The average molecular weight is 585 g/mol. The molecule has 6 atom stereocenters. The predicted octanol–water partition coefficient (Wildman–Crippen LogP) is 4.67. The summed E-state index contributed by atoms with van der Waals surface area (Å²) >= 11 is 1.77. The first kappa shape index (κ1) is 30.6. The minimum Gasteiger partial charge on any atom is -0.463 e. The average Bonchev–Trinajstić information content (AvgIpc) is 3.33. The Morgan fingerprint density at radius 2 is 1.41 bits per heavy atom. The molecule has 2 aromatic carbocycles. The molecule has 0 amide bonds. The van der Waals surface area contributed by atoms with E-state index in [1.807, 2.05) is 18.2 Å². The van der Waals surface area contributed by atoms with E-state index in [-0.39, 0.29) is 12.5 Å². The minimum atomic E-state index is -1.20. The van der Waals surface area contributed by atoms with Crippen molar-refractivity contribution in [3.8, 4) is 0 Å². The van der Waals surface area contributed by atoms with Crippen LogP contribution in [0.4, 0.5) is 0 Å². The van der Waals surface area contributed by atoms with Crippen LogP contribution in [0.3, 0.4) is 0 Å². The second-order valence-corrected chi connectivity index (χ2v) is 11.3. The molecule has 9 nitrogen and oxygen atoms in total. The first-order valence-corrected chi connectivity index (χ1v) is 14.7. The van der Waals surface area contributed by atoms with E-state index >= 15 is 0 Å². The lowest BCUT2D eigenvalue weighted by atomic mass is 9.87. The molecule has 0 radical (unpaired) electrons. The summed E-state index contributed by atoms with van der Waals surface area (Å²) in [5.74, 6) is -1.47. The number of carbonyl (C=O) groups is 4. The van der Waals surface area contributed by atoms with Crippen LogP contribution >= 0.6 is 11.8 Å². The summed E-state index contributed by atoms with van der Waals surface area (Å²) in [6.45, 7) is 6.80. The van der Waals surface area contributed by atoms with Gasteiger partial charge in [0.05, 0.1) is 0 Å². The van der Waals surface area contributed by atoms with Crippen molar-refractivity contribution in [2.75, 3.05) is 12.4 Å². The summed E-state index contributed by atoms with van der Waals surface area (Å²) in [5.41, 5.74) is 4.31. The Morgan fingerprint density at radius 1 is 0.805 bits per heavy atom. The van der Waals surface area contributed by atoms with E-state index in [4.69, 9.17) is 23.7 Å². The van der Waals surface area contributed by atoms with Gasteiger partial charge in [0, 0.05) is 44.3 Å². The third-order valence-corrected chi connectivity index (χ3v) is 8.24. The molecule has 0 aromatic heterocycles. The summed E-state index contributed by atoms with van der Waals surface area (Å²) in [7, 11) is 0. The standard InChI is InChI=1S/C31H36O9S/c1-6-7-21-8-10-22(11-9-21)25-16-41-27-13-12-23(14-24(25)27)28-30(38-19(4)34)31(39-20(5)35)29(37-18(3)33)26(40-28)15-36-17(2)32/h8-14,25-26,28-31H,6-7,15-16H2,1-5H3. The van der Waals surface area contributed by atoms with Gasteiger partial charge in [-0.2, -0.15) is 0 Å². The largest absolute Gasteiger partial charge is 0.463 e. The Kier molecular flexibility index (Phi) is 10.1. The normalized spacial score (nSPS) is 25.1. The molecule has 0 spiro atoms. The lowest BCUT2D eigenvalue weighted by Crippen LogP contribution is -2.59. The van der Waals surface area contributed by atoms with Crippen molar-refractivity contribution in [1.29, 1.82) is 0 Å².